The lowest BCUT2D eigenvalue weighted by Gasteiger charge is -2.20. The van der Waals surface area contributed by atoms with Gasteiger partial charge in [-0.1, -0.05) is 37.3 Å². The lowest BCUT2D eigenvalue weighted by atomic mass is 10.2. The Kier molecular flexibility index (Phi) is 6.69. The van der Waals surface area contributed by atoms with Crippen molar-refractivity contribution in [2.75, 3.05) is 6.54 Å². The zero-order valence-corrected chi connectivity index (χ0v) is 15.1. The van der Waals surface area contributed by atoms with Crippen LogP contribution in [0.2, 0.25) is 0 Å². The van der Waals surface area contributed by atoms with E-state index in [0.717, 1.165) is 25.5 Å². The Morgan fingerprint density at radius 2 is 2.00 bits per heavy atom. The SMILES string of the molecule is CCN(Cc1ccccc1)Cn1nc(CCC(N)=O)n(CC)c1=S. The third-order valence-electron chi connectivity index (χ3n) is 3.94. The molecule has 7 heteroatoms. The number of amides is 1. The minimum atomic E-state index is -0.322. The van der Waals surface area contributed by atoms with Gasteiger partial charge in [0.15, 0.2) is 4.77 Å². The first-order chi connectivity index (χ1) is 11.5. The number of aryl methyl sites for hydroxylation is 1. The molecule has 1 heterocycles. The quantitative estimate of drug-likeness (QED) is 0.707. The number of primary amides is 1. The summed E-state index contributed by atoms with van der Waals surface area (Å²) in [6, 6.07) is 10.3. The first kappa shape index (κ1) is 18.4. The van der Waals surface area contributed by atoms with Crippen molar-refractivity contribution in [3.63, 3.8) is 0 Å². The maximum atomic E-state index is 11.0. The number of nitrogens with two attached hydrogens (primary N) is 1. The van der Waals surface area contributed by atoms with Crippen LogP contribution in [0.25, 0.3) is 0 Å². The largest absolute Gasteiger partial charge is 0.370 e. The fourth-order valence-corrected chi connectivity index (χ4v) is 2.94. The van der Waals surface area contributed by atoms with Crippen molar-refractivity contribution in [2.24, 2.45) is 5.73 Å². The van der Waals surface area contributed by atoms with E-state index >= 15 is 0 Å². The van der Waals surface area contributed by atoms with E-state index in [-0.39, 0.29) is 12.3 Å². The summed E-state index contributed by atoms with van der Waals surface area (Å²) in [6.07, 6.45) is 0.803. The molecular weight excluding hydrogens is 322 g/mol. The second kappa shape index (κ2) is 8.75. The van der Waals surface area contributed by atoms with E-state index in [1.807, 2.05) is 34.4 Å². The molecule has 0 aliphatic carbocycles. The maximum Gasteiger partial charge on any atom is 0.217 e. The molecule has 0 radical (unpaired) electrons. The van der Waals surface area contributed by atoms with Gasteiger partial charge in [-0.3, -0.25) is 9.69 Å². The Balaban J connectivity index is 2.15. The molecular formula is C17H25N5OS. The lowest BCUT2D eigenvalue weighted by Crippen LogP contribution is -2.26. The first-order valence-electron chi connectivity index (χ1n) is 8.26. The van der Waals surface area contributed by atoms with Gasteiger partial charge in [0.05, 0.1) is 6.67 Å². The summed E-state index contributed by atoms with van der Waals surface area (Å²) in [6.45, 7) is 7.24. The van der Waals surface area contributed by atoms with Gasteiger partial charge in [0.2, 0.25) is 5.91 Å². The van der Waals surface area contributed by atoms with Crippen molar-refractivity contribution in [1.82, 2.24) is 19.2 Å². The summed E-state index contributed by atoms with van der Waals surface area (Å²) >= 11 is 5.54. The van der Waals surface area contributed by atoms with Crippen LogP contribution in [0.15, 0.2) is 30.3 Å². The topological polar surface area (TPSA) is 69.1 Å². The highest BCUT2D eigenvalue weighted by atomic mass is 32.1. The first-order valence-corrected chi connectivity index (χ1v) is 8.67. The number of hydrogen-bond acceptors (Lipinski definition) is 4. The highest BCUT2D eigenvalue weighted by Crippen LogP contribution is 2.09. The molecule has 0 saturated heterocycles. The number of benzene rings is 1. The van der Waals surface area contributed by atoms with Crippen LogP contribution in [0.5, 0.6) is 0 Å². The van der Waals surface area contributed by atoms with Crippen LogP contribution in [0, 0.1) is 4.77 Å². The average molecular weight is 347 g/mol. The summed E-state index contributed by atoms with van der Waals surface area (Å²) in [7, 11) is 0. The summed E-state index contributed by atoms with van der Waals surface area (Å²) in [5, 5.41) is 4.61. The van der Waals surface area contributed by atoms with E-state index in [1.54, 1.807) is 0 Å². The molecule has 1 aromatic heterocycles. The number of rotatable bonds is 9. The summed E-state index contributed by atoms with van der Waals surface area (Å²) in [4.78, 5) is 13.3. The van der Waals surface area contributed by atoms with E-state index in [0.29, 0.717) is 17.9 Å². The Bertz CT molecular complexity index is 722. The third-order valence-corrected chi connectivity index (χ3v) is 4.37. The molecule has 130 valence electrons. The highest BCUT2D eigenvalue weighted by Gasteiger charge is 2.13. The molecule has 1 aromatic carbocycles. The van der Waals surface area contributed by atoms with E-state index < -0.39 is 0 Å². The standard InChI is InChI=1S/C17H25N5OS/c1-3-20(12-14-8-6-5-7-9-14)13-22-17(24)21(4-2)16(19-22)11-10-15(18)23/h5-9H,3-4,10-13H2,1-2H3,(H2,18,23). The average Bonchev–Trinajstić information content (AvgIpc) is 2.88. The summed E-state index contributed by atoms with van der Waals surface area (Å²) < 4.78 is 4.49. The summed E-state index contributed by atoms with van der Waals surface area (Å²) in [5.74, 6) is 0.495. The zero-order valence-electron chi connectivity index (χ0n) is 14.3. The number of hydrogen-bond donors (Lipinski definition) is 1. The predicted octanol–water partition coefficient (Wildman–Crippen LogP) is 2.33. The molecule has 0 fully saturated rings. The van der Waals surface area contributed by atoms with Gasteiger partial charge in [0.1, 0.15) is 5.82 Å². The van der Waals surface area contributed by atoms with Crippen LogP contribution < -0.4 is 5.73 Å². The molecule has 2 aromatic rings. The van der Waals surface area contributed by atoms with Crippen molar-refractivity contribution in [3.8, 4) is 0 Å². The molecule has 2 N–H and O–H groups in total. The Labute approximate surface area is 147 Å². The van der Waals surface area contributed by atoms with Gasteiger partial charge in [0, 0.05) is 25.9 Å². The van der Waals surface area contributed by atoms with Gasteiger partial charge >= 0.3 is 0 Å². The monoisotopic (exact) mass is 347 g/mol. The van der Waals surface area contributed by atoms with E-state index in [4.69, 9.17) is 18.0 Å². The minimum Gasteiger partial charge on any atom is -0.370 e. The number of carbonyl (C=O) groups is 1. The summed E-state index contributed by atoms with van der Waals surface area (Å²) in [5.41, 5.74) is 6.51. The van der Waals surface area contributed by atoms with Crippen molar-refractivity contribution in [1.29, 1.82) is 0 Å². The fraction of sp³-hybridized carbons (Fsp3) is 0.471. The molecule has 24 heavy (non-hydrogen) atoms. The predicted molar refractivity (Wildman–Crippen MR) is 96.8 cm³/mol. The van der Waals surface area contributed by atoms with Crippen molar-refractivity contribution in [2.45, 2.75) is 46.4 Å². The second-order valence-electron chi connectivity index (χ2n) is 5.68. The van der Waals surface area contributed by atoms with Crippen LogP contribution >= 0.6 is 12.2 Å². The molecule has 0 saturated carbocycles. The van der Waals surface area contributed by atoms with Gasteiger partial charge in [-0.2, -0.15) is 5.10 Å². The van der Waals surface area contributed by atoms with E-state index in [9.17, 15) is 4.79 Å². The Morgan fingerprint density at radius 1 is 1.29 bits per heavy atom. The van der Waals surface area contributed by atoms with Gasteiger partial charge < -0.3 is 10.3 Å². The number of aromatic nitrogens is 3. The highest BCUT2D eigenvalue weighted by molar-refractivity contribution is 7.71. The van der Waals surface area contributed by atoms with Crippen LogP contribution in [0.1, 0.15) is 31.7 Å². The van der Waals surface area contributed by atoms with Crippen molar-refractivity contribution in [3.05, 3.63) is 46.5 Å². The van der Waals surface area contributed by atoms with E-state index in [2.05, 4.69) is 29.1 Å². The van der Waals surface area contributed by atoms with Gasteiger partial charge in [-0.15, -0.1) is 0 Å². The molecule has 1 amide bonds. The molecule has 2 rings (SSSR count). The zero-order chi connectivity index (χ0) is 17.5. The molecule has 0 atom stereocenters. The van der Waals surface area contributed by atoms with Crippen LogP contribution in [0.3, 0.4) is 0 Å². The molecule has 0 bridgehead atoms. The van der Waals surface area contributed by atoms with Crippen LogP contribution in [-0.4, -0.2) is 31.7 Å². The normalized spacial score (nSPS) is 11.1. The molecule has 0 aliphatic rings. The lowest BCUT2D eigenvalue weighted by molar-refractivity contribution is -0.118. The maximum absolute atomic E-state index is 11.0. The molecule has 0 aliphatic heterocycles. The number of carbonyl (C=O) groups excluding carboxylic acids is 1. The molecule has 0 spiro atoms. The Morgan fingerprint density at radius 3 is 2.58 bits per heavy atom. The van der Waals surface area contributed by atoms with Crippen LogP contribution in [-0.2, 0) is 31.0 Å². The van der Waals surface area contributed by atoms with Crippen molar-refractivity contribution >= 4 is 18.1 Å². The Hall–Kier alpha value is -1.99. The fourth-order valence-electron chi connectivity index (χ4n) is 2.61. The van der Waals surface area contributed by atoms with Gasteiger partial charge in [-0.05, 0) is 31.2 Å². The van der Waals surface area contributed by atoms with Crippen LogP contribution in [0.4, 0.5) is 0 Å². The van der Waals surface area contributed by atoms with Gasteiger partial charge in [-0.25, -0.2) is 4.68 Å². The van der Waals surface area contributed by atoms with Crippen molar-refractivity contribution < 1.29 is 4.79 Å². The van der Waals surface area contributed by atoms with E-state index in [1.165, 1.54) is 5.56 Å². The van der Waals surface area contributed by atoms with Gasteiger partial charge in [0.25, 0.3) is 0 Å². The number of nitrogens with zero attached hydrogens (tertiary/aromatic N) is 4. The minimum absolute atomic E-state index is 0.285. The third kappa shape index (κ3) is 4.75. The second-order valence-corrected chi connectivity index (χ2v) is 6.05. The smallest absolute Gasteiger partial charge is 0.217 e. The molecule has 0 unspecified atom stereocenters. The molecule has 6 nitrogen and oxygen atoms in total.